The van der Waals surface area contributed by atoms with Crippen LogP contribution in [0.5, 0.6) is 0 Å². The Morgan fingerprint density at radius 1 is 1.04 bits per heavy atom. The van der Waals surface area contributed by atoms with Gasteiger partial charge in [-0.2, -0.15) is 0 Å². The molecular weight excluding hydrogens is 350 g/mol. The molecule has 0 saturated carbocycles. The van der Waals surface area contributed by atoms with Gasteiger partial charge in [0, 0.05) is 11.7 Å². The molecule has 7 heteroatoms. The molecule has 0 aliphatic carbocycles. The average Bonchev–Trinajstić information content (AvgIpc) is 2.55. The number of amides is 1. The molecule has 140 valence electrons. The van der Waals surface area contributed by atoms with Crippen molar-refractivity contribution in [3.63, 3.8) is 0 Å². The molecule has 2 aromatic carbocycles. The first kappa shape index (κ1) is 19.9. The molecule has 0 heterocycles. The highest BCUT2D eigenvalue weighted by Gasteiger charge is 2.13. The van der Waals surface area contributed by atoms with Crippen LogP contribution in [0.1, 0.15) is 29.8 Å². The Bertz CT molecular complexity index is 847. The van der Waals surface area contributed by atoms with Crippen LogP contribution in [0.2, 0.25) is 0 Å². The Morgan fingerprint density at radius 2 is 1.69 bits per heavy atom. The van der Waals surface area contributed by atoms with Crippen molar-refractivity contribution in [3.8, 4) is 0 Å². The fourth-order valence-corrected chi connectivity index (χ4v) is 3.01. The van der Waals surface area contributed by atoms with Crippen LogP contribution in [0.15, 0.2) is 48.5 Å². The fourth-order valence-electron chi connectivity index (χ4n) is 2.43. The standard InChI is InChI=1S/C19H25N3O3S/c1-14(2)20-13-12-15-8-10-16(11-9-15)21-19(23)17-6-4-5-7-18(17)22-26(3,24)25/h4-11,14,20,22H,12-13H2,1-3H3,(H,21,23). The normalized spacial score (nSPS) is 11.4. The van der Waals surface area contributed by atoms with Gasteiger partial charge in [0.2, 0.25) is 10.0 Å². The van der Waals surface area contributed by atoms with Crippen LogP contribution in [0.4, 0.5) is 11.4 Å². The van der Waals surface area contributed by atoms with E-state index < -0.39 is 10.0 Å². The van der Waals surface area contributed by atoms with Gasteiger partial charge in [-0.1, -0.05) is 38.1 Å². The highest BCUT2D eigenvalue weighted by Crippen LogP contribution is 2.18. The molecule has 0 unspecified atom stereocenters. The monoisotopic (exact) mass is 375 g/mol. The highest BCUT2D eigenvalue weighted by atomic mass is 32.2. The molecule has 0 atom stereocenters. The number of benzene rings is 2. The summed E-state index contributed by atoms with van der Waals surface area (Å²) in [6.45, 7) is 5.11. The lowest BCUT2D eigenvalue weighted by Gasteiger charge is -2.12. The molecule has 0 aliphatic heterocycles. The van der Waals surface area contributed by atoms with Crippen molar-refractivity contribution in [3.05, 3.63) is 59.7 Å². The first-order valence-electron chi connectivity index (χ1n) is 8.45. The second-order valence-electron chi connectivity index (χ2n) is 6.43. The van der Waals surface area contributed by atoms with Crippen LogP contribution in [-0.2, 0) is 16.4 Å². The third kappa shape index (κ3) is 6.50. The third-order valence-electron chi connectivity index (χ3n) is 3.65. The lowest BCUT2D eigenvalue weighted by Crippen LogP contribution is -2.24. The number of sulfonamides is 1. The lowest BCUT2D eigenvalue weighted by molar-refractivity contribution is 0.102. The number of hydrogen-bond donors (Lipinski definition) is 3. The summed E-state index contributed by atoms with van der Waals surface area (Å²) in [5.74, 6) is -0.369. The van der Waals surface area contributed by atoms with Crippen LogP contribution >= 0.6 is 0 Å². The highest BCUT2D eigenvalue weighted by molar-refractivity contribution is 7.92. The Labute approximate surface area is 155 Å². The van der Waals surface area contributed by atoms with Crippen molar-refractivity contribution >= 4 is 27.3 Å². The minimum absolute atomic E-state index is 0.254. The van der Waals surface area contributed by atoms with Crippen molar-refractivity contribution in [1.82, 2.24) is 5.32 Å². The fraction of sp³-hybridized carbons (Fsp3) is 0.316. The Morgan fingerprint density at radius 3 is 2.31 bits per heavy atom. The first-order chi connectivity index (χ1) is 12.2. The molecule has 0 saturated heterocycles. The topological polar surface area (TPSA) is 87.3 Å². The van der Waals surface area contributed by atoms with E-state index >= 15 is 0 Å². The van der Waals surface area contributed by atoms with Gasteiger partial charge in [-0.15, -0.1) is 0 Å². The molecule has 3 N–H and O–H groups in total. The maximum atomic E-state index is 12.5. The van der Waals surface area contributed by atoms with Crippen LogP contribution in [-0.4, -0.2) is 33.2 Å². The van der Waals surface area contributed by atoms with Crippen molar-refractivity contribution < 1.29 is 13.2 Å². The summed E-state index contributed by atoms with van der Waals surface area (Å²) in [4.78, 5) is 12.5. The summed E-state index contributed by atoms with van der Waals surface area (Å²) >= 11 is 0. The minimum Gasteiger partial charge on any atom is -0.322 e. The molecule has 0 bridgehead atoms. The lowest BCUT2D eigenvalue weighted by atomic mass is 10.1. The maximum Gasteiger partial charge on any atom is 0.257 e. The summed E-state index contributed by atoms with van der Waals surface area (Å²) in [5.41, 5.74) is 2.35. The van der Waals surface area contributed by atoms with Crippen LogP contribution in [0.3, 0.4) is 0 Å². The van der Waals surface area contributed by atoms with E-state index in [-0.39, 0.29) is 17.2 Å². The van der Waals surface area contributed by atoms with Crippen LogP contribution in [0.25, 0.3) is 0 Å². The van der Waals surface area contributed by atoms with Crippen molar-refractivity contribution in [2.24, 2.45) is 0 Å². The summed E-state index contributed by atoms with van der Waals surface area (Å²) in [5, 5.41) is 6.16. The second-order valence-corrected chi connectivity index (χ2v) is 8.18. The summed E-state index contributed by atoms with van der Waals surface area (Å²) < 4.78 is 25.3. The predicted molar refractivity (Wildman–Crippen MR) is 106 cm³/mol. The van der Waals surface area contributed by atoms with Crippen molar-refractivity contribution in [1.29, 1.82) is 0 Å². The summed E-state index contributed by atoms with van der Waals surface area (Å²) in [6, 6.07) is 14.6. The molecule has 0 fully saturated rings. The summed E-state index contributed by atoms with van der Waals surface area (Å²) in [7, 11) is -3.46. The number of nitrogens with one attached hydrogen (secondary N) is 3. The van der Waals surface area contributed by atoms with Gasteiger partial charge in [-0.3, -0.25) is 9.52 Å². The number of rotatable bonds is 8. The van der Waals surface area contributed by atoms with E-state index in [0.717, 1.165) is 19.2 Å². The van der Waals surface area contributed by atoms with Crippen molar-refractivity contribution in [2.75, 3.05) is 22.8 Å². The van der Waals surface area contributed by atoms with Gasteiger partial charge in [0.25, 0.3) is 5.91 Å². The molecule has 2 rings (SSSR count). The zero-order valence-corrected chi connectivity index (χ0v) is 16.1. The molecule has 26 heavy (non-hydrogen) atoms. The Hall–Kier alpha value is -2.38. The second kappa shape index (κ2) is 8.82. The van der Waals surface area contributed by atoms with Gasteiger partial charge in [-0.25, -0.2) is 8.42 Å². The molecule has 2 aromatic rings. The summed E-state index contributed by atoms with van der Waals surface area (Å²) in [6.07, 6.45) is 1.96. The quantitative estimate of drug-likeness (QED) is 0.662. The van der Waals surface area contributed by atoms with Gasteiger partial charge < -0.3 is 10.6 Å². The Kier molecular flexibility index (Phi) is 6.76. The molecule has 6 nitrogen and oxygen atoms in total. The van der Waals surface area contributed by atoms with E-state index in [9.17, 15) is 13.2 Å². The Balaban J connectivity index is 2.04. The molecule has 0 aliphatic rings. The van der Waals surface area contributed by atoms with E-state index in [0.29, 0.717) is 11.7 Å². The predicted octanol–water partition coefficient (Wildman–Crippen LogP) is 2.85. The van der Waals surface area contributed by atoms with Crippen molar-refractivity contribution in [2.45, 2.75) is 26.3 Å². The first-order valence-corrected chi connectivity index (χ1v) is 10.3. The van der Waals surface area contributed by atoms with Gasteiger partial charge in [0.1, 0.15) is 0 Å². The van der Waals surface area contributed by atoms with Gasteiger partial charge in [-0.05, 0) is 42.8 Å². The van der Waals surface area contributed by atoms with E-state index in [1.807, 2.05) is 24.3 Å². The van der Waals surface area contributed by atoms with Crippen LogP contribution in [0, 0.1) is 0 Å². The molecular formula is C19H25N3O3S. The number of carbonyl (C=O) groups excluding carboxylic acids is 1. The minimum atomic E-state index is -3.46. The largest absolute Gasteiger partial charge is 0.322 e. The van der Waals surface area contributed by atoms with Crippen LogP contribution < -0.4 is 15.4 Å². The van der Waals surface area contributed by atoms with E-state index in [2.05, 4.69) is 29.2 Å². The van der Waals surface area contributed by atoms with Gasteiger partial charge in [0.05, 0.1) is 17.5 Å². The van der Waals surface area contributed by atoms with Gasteiger partial charge >= 0.3 is 0 Å². The third-order valence-corrected chi connectivity index (χ3v) is 4.24. The SMILES string of the molecule is CC(C)NCCc1ccc(NC(=O)c2ccccc2NS(C)(=O)=O)cc1. The number of hydrogen-bond acceptors (Lipinski definition) is 4. The zero-order chi connectivity index (χ0) is 19.2. The average molecular weight is 375 g/mol. The number of carbonyl (C=O) groups is 1. The number of para-hydroxylation sites is 1. The van der Waals surface area contributed by atoms with E-state index in [4.69, 9.17) is 0 Å². The van der Waals surface area contributed by atoms with E-state index in [1.54, 1.807) is 24.3 Å². The maximum absolute atomic E-state index is 12.5. The smallest absolute Gasteiger partial charge is 0.257 e. The molecule has 1 amide bonds. The zero-order valence-electron chi connectivity index (χ0n) is 15.2. The van der Waals surface area contributed by atoms with E-state index in [1.165, 1.54) is 5.56 Å². The molecule has 0 aromatic heterocycles. The van der Waals surface area contributed by atoms with Gasteiger partial charge in [0.15, 0.2) is 0 Å². The molecule has 0 radical (unpaired) electrons. The molecule has 0 spiro atoms. The number of anilines is 2.